The van der Waals surface area contributed by atoms with E-state index in [0.717, 1.165) is 13.0 Å². The molecule has 0 aliphatic rings. The second kappa shape index (κ2) is 7.99. The average molecular weight is 432 g/mol. The van der Waals surface area contributed by atoms with Gasteiger partial charge in [0.2, 0.25) is 0 Å². The standard InChI is InChI=1S/C21H23INO/c1-4-13-24-22-20-10-7-18-14-17(5-6-19(18)15-20)16-8-11-21(12-9-16)23(2)3/h5-12,14-15H,4,13H2,1-3H3/q-1. The molecule has 3 aromatic rings. The van der Waals surface area contributed by atoms with E-state index in [1.54, 1.807) is 0 Å². The van der Waals surface area contributed by atoms with Gasteiger partial charge in [-0.1, -0.05) is 0 Å². The molecule has 0 atom stereocenters. The van der Waals surface area contributed by atoms with Crippen LogP contribution in [0.15, 0.2) is 60.7 Å². The first-order valence-electron chi connectivity index (χ1n) is 8.25. The van der Waals surface area contributed by atoms with E-state index in [1.807, 2.05) is 0 Å². The number of rotatable bonds is 6. The zero-order valence-corrected chi connectivity index (χ0v) is 16.6. The molecule has 0 saturated heterocycles. The van der Waals surface area contributed by atoms with Crippen molar-refractivity contribution in [3.8, 4) is 11.1 Å². The molecule has 24 heavy (non-hydrogen) atoms. The first kappa shape index (κ1) is 17.2. The Morgan fingerprint density at radius 1 is 0.833 bits per heavy atom. The molecule has 2 nitrogen and oxygen atoms in total. The number of fused-ring (bicyclic) bond motifs is 1. The summed E-state index contributed by atoms with van der Waals surface area (Å²) >= 11 is -0.322. The minimum absolute atomic E-state index is 0.322. The fourth-order valence-electron chi connectivity index (χ4n) is 2.57. The van der Waals surface area contributed by atoms with Crippen LogP contribution in [0.5, 0.6) is 0 Å². The Balaban J connectivity index is 1.84. The first-order valence-corrected chi connectivity index (χ1v) is 10.2. The van der Waals surface area contributed by atoms with Crippen molar-refractivity contribution in [1.82, 2.24) is 0 Å². The van der Waals surface area contributed by atoms with Crippen LogP contribution < -0.4 is 26.5 Å². The summed E-state index contributed by atoms with van der Waals surface area (Å²) < 4.78 is 7.09. The van der Waals surface area contributed by atoms with E-state index in [9.17, 15) is 0 Å². The van der Waals surface area contributed by atoms with Crippen molar-refractivity contribution in [2.45, 2.75) is 13.3 Å². The summed E-state index contributed by atoms with van der Waals surface area (Å²) in [6.07, 6.45) is 1.09. The second-order valence-corrected chi connectivity index (χ2v) is 8.35. The molecule has 0 heterocycles. The molecule has 0 aliphatic heterocycles. The van der Waals surface area contributed by atoms with Gasteiger partial charge in [-0.25, -0.2) is 0 Å². The third kappa shape index (κ3) is 4.08. The predicted molar refractivity (Wildman–Crippen MR) is 98.7 cm³/mol. The summed E-state index contributed by atoms with van der Waals surface area (Å²) in [6.45, 7) is 3.02. The van der Waals surface area contributed by atoms with Crippen LogP contribution in [0.25, 0.3) is 21.9 Å². The number of anilines is 1. The predicted octanol–water partition coefficient (Wildman–Crippen LogP) is 2.17. The summed E-state index contributed by atoms with van der Waals surface area (Å²) in [5, 5.41) is 2.58. The van der Waals surface area contributed by atoms with Crippen molar-refractivity contribution in [2.24, 2.45) is 0 Å². The number of hydrogen-bond acceptors (Lipinski definition) is 2. The van der Waals surface area contributed by atoms with Gasteiger partial charge < -0.3 is 0 Å². The summed E-state index contributed by atoms with van der Waals surface area (Å²) in [6, 6.07) is 22.1. The van der Waals surface area contributed by atoms with E-state index < -0.39 is 0 Å². The summed E-state index contributed by atoms with van der Waals surface area (Å²) in [5.74, 6) is 0. The second-order valence-electron chi connectivity index (χ2n) is 6.04. The average Bonchev–Trinajstić information content (AvgIpc) is 2.61. The Hall–Kier alpha value is -1.59. The summed E-state index contributed by atoms with van der Waals surface area (Å²) in [4.78, 5) is 2.12. The van der Waals surface area contributed by atoms with Crippen LogP contribution in [0.2, 0.25) is 0 Å². The van der Waals surface area contributed by atoms with Gasteiger partial charge in [-0.15, -0.1) is 0 Å². The van der Waals surface area contributed by atoms with Gasteiger partial charge >= 0.3 is 155 Å². The quantitative estimate of drug-likeness (QED) is 0.438. The van der Waals surface area contributed by atoms with E-state index in [0.29, 0.717) is 0 Å². The monoisotopic (exact) mass is 432 g/mol. The van der Waals surface area contributed by atoms with Crippen molar-refractivity contribution < 1.29 is 24.7 Å². The van der Waals surface area contributed by atoms with Crippen molar-refractivity contribution >= 4 is 16.5 Å². The van der Waals surface area contributed by atoms with Crippen LogP contribution in [0, 0.1) is 3.57 Å². The van der Waals surface area contributed by atoms with Crippen LogP contribution in [0.4, 0.5) is 5.69 Å². The van der Waals surface area contributed by atoms with Crippen LogP contribution >= 0.6 is 0 Å². The molecule has 0 radical (unpaired) electrons. The molecule has 0 bridgehead atoms. The van der Waals surface area contributed by atoms with E-state index >= 15 is 0 Å². The van der Waals surface area contributed by atoms with E-state index in [2.05, 4.69) is 86.6 Å². The molecule has 0 unspecified atom stereocenters. The van der Waals surface area contributed by atoms with Crippen molar-refractivity contribution in [3.63, 3.8) is 0 Å². The summed E-state index contributed by atoms with van der Waals surface area (Å²) in [5.41, 5.74) is 3.74. The zero-order chi connectivity index (χ0) is 16.9. The maximum absolute atomic E-state index is 5.75. The summed E-state index contributed by atoms with van der Waals surface area (Å²) in [7, 11) is 4.13. The molecule has 0 spiro atoms. The number of halogens is 1. The Morgan fingerprint density at radius 2 is 1.50 bits per heavy atom. The Morgan fingerprint density at radius 3 is 2.21 bits per heavy atom. The molecular formula is C21H23INO-. The number of nitrogens with zero attached hydrogens (tertiary/aromatic N) is 1. The van der Waals surface area contributed by atoms with Crippen molar-refractivity contribution in [2.75, 3.05) is 25.6 Å². The van der Waals surface area contributed by atoms with Crippen LogP contribution in [0.3, 0.4) is 0 Å². The molecule has 0 fully saturated rings. The Bertz CT molecular complexity index is 812. The molecule has 3 heteroatoms. The van der Waals surface area contributed by atoms with Gasteiger partial charge in [-0.05, 0) is 0 Å². The van der Waals surface area contributed by atoms with Crippen molar-refractivity contribution in [1.29, 1.82) is 0 Å². The fraction of sp³-hybridized carbons (Fsp3) is 0.238. The van der Waals surface area contributed by atoms with Gasteiger partial charge in [0.25, 0.3) is 0 Å². The van der Waals surface area contributed by atoms with Gasteiger partial charge in [-0.3, -0.25) is 0 Å². The fourth-order valence-corrected chi connectivity index (χ4v) is 4.38. The van der Waals surface area contributed by atoms with E-state index in [-0.39, 0.29) is 21.6 Å². The number of benzene rings is 3. The zero-order valence-electron chi connectivity index (χ0n) is 14.4. The molecule has 126 valence electrons. The molecule has 3 aromatic carbocycles. The van der Waals surface area contributed by atoms with Crippen LogP contribution in [-0.2, 0) is 3.07 Å². The first-order chi connectivity index (χ1) is 11.7. The molecule has 3 rings (SSSR count). The third-order valence-electron chi connectivity index (χ3n) is 3.94. The Labute approximate surface area is 155 Å². The SMILES string of the molecule is CCCO[I-]c1ccc2cc(-c3ccc(N(C)C)cc3)ccc2c1. The molecular weight excluding hydrogens is 409 g/mol. The van der Waals surface area contributed by atoms with Gasteiger partial charge in [0.15, 0.2) is 0 Å². The topological polar surface area (TPSA) is 12.5 Å². The molecule has 0 aliphatic carbocycles. The minimum atomic E-state index is -0.322. The molecule has 0 N–H and O–H groups in total. The van der Waals surface area contributed by atoms with Crippen molar-refractivity contribution in [3.05, 3.63) is 64.2 Å². The maximum atomic E-state index is 5.75. The van der Waals surface area contributed by atoms with Gasteiger partial charge in [0.05, 0.1) is 0 Å². The van der Waals surface area contributed by atoms with Crippen LogP contribution in [0.1, 0.15) is 13.3 Å². The normalized spacial score (nSPS) is 11.1. The van der Waals surface area contributed by atoms with Gasteiger partial charge in [0.1, 0.15) is 0 Å². The third-order valence-corrected chi connectivity index (χ3v) is 5.88. The molecule has 0 saturated carbocycles. The molecule has 0 aromatic heterocycles. The van der Waals surface area contributed by atoms with Gasteiger partial charge in [-0.2, -0.15) is 0 Å². The Kier molecular flexibility index (Phi) is 5.74. The van der Waals surface area contributed by atoms with E-state index in [1.165, 1.54) is 31.2 Å². The van der Waals surface area contributed by atoms with E-state index in [4.69, 9.17) is 3.07 Å². The van der Waals surface area contributed by atoms with Crippen LogP contribution in [-0.4, -0.2) is 20.7 Å². The number of hydrogen-bond donors (Lipinski definition) is 0. The molecule has 0 amide bonds. The van der Waals surface area contributed by atoms with Gasteiger partial charge in [0, 0.05) is 0 Å².